The molecule has 0 rings (SSSR count). The Labute approximate surface area is 29.5 Å². The van der Waals surface area contributed by atoms with Crippen LogP contribution in [0.2, 0.25) is 0 Å². The van der Waals surface area contributed by atoms with E-state index in [1.54, 1.807) is 0 Å². The molecule has 0 aliphatic rings. The third-order valence-corrected chi connectivity index (χ3v) is 0.158. The number of rotatable bonds is 1. The summed E-state index contributed by atoms with van der Waals surface area (Å²) in [5.41, 5.74) is 1.08. The van der Waals surface area contributed by atoms with Crippen molar-refractivity contribution in [3.63, 3.8) is 0 Å². The number of halogens is 1. The highest BCUT2D eigenvalue weighted by Crippen LogP contribution is 1.64. The zero-order valence-corrected chi connectivity index (χ0v) is 2.90. The number of aliphatic hydroxyl groups excluding tert-OH is 1. The predicted molar refractivity (Wildman–Crippen MR) is 15.9 cm³/mol. The Morgan fingerprint density at radius 2 is 2.20 bits per heavy atom. The lowest BCUT2D eigenvalue weighted by atomic mass is 10.7. The standard InChI is InChI=1S/C2H6FNO/c1-2(5)4-3/h2,4-5H,1H3. The van der Waals surface area contributed by atoms with E-state index >= 15 is 0 Å². The van der Waals surface area contributed by atoms with Gasteiger partial charge in [0, 0.05) is 0 Å². The summed E-state index contributed by atoms with van der Waals surface area (Å²) in [4.78, 5) is 0. The molecule has 1 unspecified atom stereocenters. The molecule has 0 heterocycles. The van der Waals surface area contributed by atoms with Gasteiger partial charge in [0.1, 0.15) is 6.23 Å². The lowest BCUT2D eigenvalue weighted by molar-refractivity contribution is 0.0809. The lowest BCUT2D eigenvalue weighted by Crippen LogP contribution is -2.14. The van der Waals surface area contributed by atoms with E-state index in [4.69, 9.17) is 5.11 Å². The van der Waals surface area contributed by atoms with Crippen LogP contribution in [0.1, 0.15) is 6.92 Å². The minimum absolute atomic E-state index is 1.03. The van der Waals surface area contributed by atoms with Crippen molar-refractivity contribution in [2.45, 2.75) is 13.2 Å². The van der Waals surface area contributed by atoms with Crippen LogP contribution in [0.25, 0.3) is 0 Å². The topological polar surface area (TPSA) is 32.3 Å². The van der Waals surface area contributed by atoms with Crippen LogP contribution in [0.15, 0.2) is 0 Å². The maximum atomic E-state index is 10.6. The van der Waals surface area contributed by atoms with Gasteiger partial charge in [-0.3, -0.25) is 0 Å². The summed E-state index contributed by atoms with van der Waals surface area (Å²) in [5, 5.41) is 7.88. The van der Waals surface area contributed by atoms with Crippen molar-refractivity contribution in [3.8, 4) is 0 Å². The van der Waals surface area contributed by atoms with Crippen LogP contribution in [0.5, 0.6) is 0 Å². The molecule has 0 aliphatic heterocycles. The average Bonchev–Trinajstić information content (AvgIpc) is 1.38. The molecule has 2 N–H and O–H groups in total. The summed E-state index contributed by atoms with van der Waals surface area (Å²) in [7, 11) is 0. The zero-order chi connectivity index (χ0) is 4.28. The van der Waals surface area contributed by atoms with Crippen LogP contribution in [0.3, 0.4) is 0 Å². The molecule has 5 heavy (non-hydrogen) atoms. The van der Waals surface area contributed by atoms with Gasteiger partial charge in [0.25, 0.3) is 0 Å². The Morgan fingerprint density at radius 3 is 2.20 bits per heavy atom. The fraction of sp³-hybridized carbons (Fsp3) is 1.00. The first-order valence-corrected chi connectivity index (χ1v) is 1.31. The minimum Gasteiger partial charge on any atom is -0.377 e. The molecule has 0 amide bonds. The smallest absolute Gasteiger partial charge is 0.129 e. The third-order valence-electron chi connectivity index (χ3n) is 0.158. The molecule has 0 aromatic rings. The molecular weight excluding hydrogens is 73.0 g/mol. The molecule has 0 aromatic heterocycles. The van der Waals surface area contributed by atoms with Gasteiger partial charge in [0.05, 0.1) is 0 Å². The number of hydrogen-bond acceptors (Lipinski definition) is 2. The van der Waals surface area contributed by atoms with Crippen molar-refractivity contribution in [2.75, 3.05) is 0 Å². The van der Waals surface area contributed by atoms with Crippen LogP contribution < -0.4 is 5.54 Å². The summed E-state index contributed by atoms with van der Waals surface area (Å²) in [6, 6.07) is 0. The summed E-state index contributed by atoms with van der Waals surface area (Å²) in [6.07, 6.45) is -1.03. The number of hydrogen-bond donors (Lipinski definition) is 2. The predicted octanol–water partition coefficient (Wildman–Crippen LogP) is -0.201. The molecule has 1 atom stereocenters. The zero-order valence-electron chi connectivity index (χ0n) is 2.90. The first kappa shape index (κ1) is 4.85. The Hall–Kier alpha value is -0.150. The normalized spacial score (nSPS) is 15.0. The molecular formula is C2H6FNO. The van der Waals surface area contributed by atoms with E-state index in [1.165, 1.54) is 6.92 Å². The van der Waals surface area contributed by atoms with Crippen molar-refractivity contribution in [2.24, 2.45) is 0 Å². The molecule has 0 spiro atoms. The van der Waals surface area contributed by atoms with Gasteiger partial charge in [-0.1, -0.05) is 0 Å². The van der Waals surface area contributed by atoms with E-state index in [-0.39, 0.29) is 0 Å². The fourth-order valence-corrected chi connectivity index (χ4v) is 0. The largest absolute Gasteiger partial charge is 0.377 e. The highest BCUT2D eigenvalue weighted by Gasteiger charge is 1.82. The van der Waals surface area contributed by atoms with Gasteiger partial charge in [-0.25, -0.2) is 0 Å². The van der Waals surface area contributed by atoms with Crippen molar-refractivity contribution in [1.29, 1.82) is 0 Å². The first-order chi connectivity index (χ1) is 2.27. The van der Waals surface area contributed by atoms with Gasteiger partial charge in [-0.15, -0.1) is 10.0 Å². The highest BCUT2D eigenvalue weighted by atomic mass is 19.2. The Bertz CT molecular complexity index is 23.6. The molecule has 0 saturated carbocycles. The minimum atomic E-state index is -1.03. The Balaban J connectivity index is 2.54. The number of aliphatic hydroxyl groups is 1. The van der Waals surface area contributed by atoms with Crippen LogP contribution >= 0.6 is 0 Å². The lowest BCUT2D eigenvalue weighted by Gasteiger charge is -1.90. The van der Waals surface area contributed by atoms with Crippen molar-refractivity contribution >= 4 is 0 Å². The molecule has 3 heteroatoms. The molecule has 0 aromatic carbocycles. The molecule has 0 aliphatic carbocycles. The van der Waals surface area contributed by atoms with E-state index in [0.29, 0.717) is 0 Å². The van der Waals surface area contributed by atoms with Gasteiger partial charge < -0.3 is 5.11 Å². The summed E-state index contributed by atoms with van der Waals surface area (Å²) < 4.78 is 10.6. The highest BCUT2D eigenvalue weighted by molar-refractivity contribution is 4.20. The maximum Gasteiger partial charge on any atom is 0.129 e. The fourth-order valence-electron chi connectivity index (χ4n) is 0. The summed E-state index contributed by atoms with van der Waals surface area (Å²) >= 11 is 0. The maximum absolute atomic E-state index is 10.6. The van der Waals surface area contributed by atoms with Gasteiger partial charge >= 0.3 is 0 Å². The summed E-state index contributed by atoms with van der Waals surface area (Å²) in [6.45, 7) is 1.29. The van der Waals surface area contributed by atoms with E-state index in [1.807, 2.05) is 0 Å². The molecule has 0 saturated heterocycles. The van der Waals surface area contributed by atoms with Crippen molar-refractivity contribution < 1.29 is 9.59 Å². The quantitative estimate of drug-likeness (QED) is 0.337. The van der Waals surface area contributed by atoms with Crippen LogP contribution in [0.4, 0.5) is 4.48 Å². The van der Waals surface area contributed by atoms with Gasteiger partial charge in [0.15, 0.2) is 0 Å². The first-order valence-electron chi connectivity index (χ1n) is 1.31. The number of nitrogens with one attached hydrogen (secondary N) is 1. The van der Waals surface area contributed by atoms with Gasteiger partial charge in [-0.2, -0.15) is 0 Å². The second-order valence-corrected chi connectivity index (χ2v) is 0.785. The van der Waals surface area contributed by atoms with Crippen molar-refractivity contribution in [1.82, 2.24) is 5.54 Å². The SMILES string of the molecule is CC(O)NF. The summed E-state index contributed by atoms with van der Waals surface area (Å²) in [5.74, 6) is 0. The van der Waals surface area contributed by atoms with Crippen molar-refractivity contribution in [3.05, 3.63) is 0 Å². The molecule has 0 bridgehead atoms. The van der Waals surface area contributed by atoms with Crippen LogP contribution in [-0.2, 0) is 0 Å². The molecule has 0 fully saturated rings. The van der Waals surface area contributed by atoms with E-state index in [0.717, 1.165) is 5.54 Å². The van der Waals surface area contributed by atoms with Gasteiger partial charge in [-0.05, 0) is 6.92 Å². The Morgan fingerprint density at radius 1 is 2.00 bits per heavy atom. The molecule has 32 valence electrons. The third kappa shape index (κ3) is 3.85. The second-order valence-electron chi connectivity index (χ2n) is 0.785. The van der Waals surface area contributed by atoms with E-state index < -0.39 is 6.23 Å². The van der Waals surface area contributed by atoms with E-state index in [2.05, 4.69) is 0 Å². The molecule has 0 radical (unpaired) electrons. The van der Waals surface area contributed by atoms with Gasteiger partial charge in [0.2, 0.25) is 0 Å². The second kappa shape index (κ2) is 2.11. The van der Waals surface area contributed by atoms with E-state index in [9.17, 15) is 4.48 Å². The molecule has 2 nitrogen and oxygen atoms in total. The Kier molecular flexibility index (Phi) is 2.05. The van der Waals surface area contributed by atoms with Crippen LogP contribution in [-0.4, -0.2) is 11.3 Å². The monoisotopic (exact) mass is 79.0 g/mol. The average molecular weight is 79.1 g/mol. The van der Waals surface area contributed by atoms with Crippen LogP contribution in [0, 0.1) is 0 Å².